The molecule has 0 heterocycles. The van der Waals surface area contributed by atoms with Crippen LogP contribution in [0.3, 0.4) is 0 Å². The summed E-state index contributed by atoms with van der Waals surface area (Å²) in [6.45, 7) is 0.575. The van der Waals surface area contributed by atoms with Gasteiger partial charge < -0.3 is 10.2 Å². The number of urea groups is 1. The Morgan fingerprint density at radius 2 is 1.93 bits per heavy atom. The molecule has 0 aliphatic rings. The zero-order valence-corrected chi connectivity index (χ0v) is 10.1. The van der Waals surface area contributed by atoms with Crippen molar-refractivity contribution in [2.75, 3.05) is 20.4 Å². The summed E-state index contributed by atoms with van der Waals surface area (Å²) < 4.78 is 0. The molecule has 4 heteroatoms. The number of hydrogen-bond acceptors (Lipinski definition) is 2. The minimum absolute atomic E-state index is 0.0658. The fourth-order valence-corrected chi connectivity index (χ4v) is 1.49. The minimum atomic E-state index is -0.0658. The average Bonchev–Trinajstić information content (AvgIpc) is 2.26. The molecule has 1 rings (SSSR count). The number of nitrogens with one attached hydrogen (secondary N) is 1. The molecule has 1 aromatic rings. The Labute approximate surface area is 94.9 Å². The molecule has 82 valence electrons. The van der Waals surface area contributed by atoms with Crippen molar-refractivity contribution >= 4 is 17.8 Å². The summed E-state index contributed by atoms with van der Waals surface area (Å²) in [4.78, 5) is 14.0. The molecular formula is C11H16N2OS. The molecule has 0 saturated heterocycles. The number of carbonyl (C=O) groups excluding carboxylic acids is 1. The van der Waals surface area contributed by atoms with Gasteiger partial charge in [-0.3, -0.25) is 0 Å². The molecule has 0 atom stereocenters. The summed E-state index contributed by atoms with van der Waals surface area (Å²) in [6.07, 6.45) is 2.04. The van der Waals surface area contributed by atoms with Gasteiger partial charge in [0.1, 0.15) is 0 Å². The number of benzene rings is 1. The van der Waals surface area contributed by atoms with Crippen LogP contribution in [0.2, 0.25) is 0 Å². The van der Waals surface area contributed by atoms with E-state index in [1.165, 1.54) is 9.80 Å². The molecule has 0 saturated carbocycles. The van der Waals surface area contributed by atoms with Gasteiger partial charge in [0.2, 0.25) is 0 Å². The molecule has 2 amide bonds. The third-order valence-electron chi connectivity index (χ3n) is 2.01. The first-order valence-corrected chi connectivity index (χ1v) is 5.94. The Morgan fingerprint density at radius 3 is 2.40 bits per heavy atom. The van der Waals surface area contributed by atoms with Crippen molar-refractivity contribution in [2.24, 2.45) is 0 Å². The van der Waals surface area contributed by atoms with Gasteiger partial charge in [-0.2, -0.15) is 0 Å². The molecule has 0 bridgehead atoms. The standard InChI is InChI=1S/C11H16N2OS/c1-13(2)11(14)12-8-9-4-6-10(15-3)7-5-9/h4-7H,8H2,1-3H3,(H,12,14). The topological polar surface area (TPSA) is 32.3 Å². The van der Waals surface area contributed by atoms with Crippen molar-refractivity contribution in [1.82, 2.24) is 10.2 Å². The largest absolute Gasteiger partial charge is 0.334 e. The van der Waals surface area contributed by atoms with Crippen LogP contribution in [0.5, 0.6) is 0 Å². The summed E-state index contributed by atoms with van der Waals surface area (Å²) in [6, 6.07) is 8.11. The van der Waals surface area contributed by atoms with E-state index >= 15 is 0 Å². The normalized spacial score (nSPS) is 9.80. The second-order valence-corrected chi connectivity index (χ2v) is 4.28. The second kappa shape index (κ2) is 5.66. The molecule has 0 fully saturated rings. The third-order valence-corrected chi connectivity index (χ3v) is 2.75. The highest BCUT2D eigenvalue weighted by Gasteiger charge is 2.01. The van der Waals surface area contributed by atoms with Crippen molar-refractivity contribution < 1.29 is 4.79 Å². The van der Waals surface area contributed by atoms with E-state index in [0.29, 0.717) is 6.54 Å². The smallest absolute Gasteiger partial charge is 0.317 e. The first-order chi connectivity index (χ1) is 7.13. The van der Waals surface area contributed by atoms with E-state index in [4.69, 9.17) is 0 Å². The van der Waals surface area contributed by atoms with Gasteiger partial charge in [0.25, 0.3) is 0 Å². The summed E-state index contributed by atoms with van der Waals surface area (Å²) in [5.41, 5.74) is 1.11. The number of hydrogen-bond donors (Lipinski definition) is 1. The maximum atomic E-state index is 11.2. The van der Waals surface area contributed by atoms with Crippen molar-refractivity contribution in [3.63, 3.8) is 0 Å². The summed E-state index contributed by atoms with van der Waals surface area (Å²) in [5.74, 6) is 0. The van der Waals surface area contributed by atoms with Crippen LogP contribution in [0, 0.1) is 0 Å². The maximum absolute atomic E-state index is 11.2. The van der Waals surface area contributed by atoms with Gasteiger partial charge in [0.05, 0.1) is 0 Å². The molecule has 0 radical (unpaired) electrons. The van der Waals surface area contributed by atoms with E-state index in [9.17, 15) is 4.79 Å². The molecule has 0 spiro atoms. The van der Waals surface area contributed by atoms with E-state index in [1.807, 2.05) is 18.4 Å². The molecule has 0 aliphatic heterocycles. The van der Waals surface area contributed by atoms with Gasteiger partial charge in [0, 0.05) is 25.5 Å². The first-order valence-electron chi connectivity index (χ1n) is 4.71. The van der Waals surface area contributed by atoms with Gasteiger partial charge in [0.15, 0.2) is 0 Å². The predicted octanol–water partition coefficient (Wildman–Crippen LogP) is 2.18. The van der Waals surface area contributed by atoms with Crippen molar-refractivity contribution in [2.45, 2.75) is 11.4 Å². The van der Waals surface area contributed by atoms with E-state index < -0.39 is 0 Å². The fraction of sp³-hybridized carbons (Fsp3) is 0.364. The van der Waals surface area contributed by atoms with E-state index in [1.54, 1.807) is 25.9 Å². The molecule has 3 nitrogen and oxygen atoms in total. The Hall–Kier alpha value is -1.16. The molecule has 15 heavy (non-hydrogen) atoms. The first kappa shape index (κ1) is 11.9. The number of thioether (sulfide) groups is 1. The van der Waals surface area contributed by atoms with Crippen LogP contribution in [0.4, 0.5) is 4.79 Å². The highest BCUT2D eigenvalue weighted by atomic mass is 32.2. The van der Waals surface area contributed by atoms with Crippen LogP contribution in [0.1, 0.15) is 5.56 Å². The fourth-order valence-electron chi connectivity index (χ4n) is 1.08. The molecule has 0 aliphatic carbocycles. The van der Waals surface area contributed by atoms with Crippen LogP contribution in [0.25, 0.3) is 0 Å². The molecule has 1 aromatic carbocycles. The van der Waals surface area contributed by atoms with Crippen LogP contribution in [0.15, 0.2) is 29.2 Å². The Kier molecular flexibility index (Phi) is 4.49. The van der Waals surface area contributed by atoms with Crippen molar-refractivity contribution in [1.29, 1.82) is 0 Å². The van der Waals surface area contributed by atoms with Gasteiger partial charge in [-0.25, -0.2) is 4.79 Å². The lowest BCUT2D eigenvalue weighted by Crippen LogP contribution is -2.33. The quantitative estimate of drug-likeness (QED) is 0.798. The molecule has 1 N–H and O–H groups in total. The van der Waals surface area contributed by atoms with Gasteiger partial charge in [-0.1, -0.05) is 12.1 Å². The van der Waals surface area contributed by atoms with E-state index in [2.05, 4.69) is 17.4 Å². The number of nitrogens with zero attached hydrogens (tertiary/aromatic N) is 1. The average molecular weight is 224 g/mol. The monoisotopic (exact) mass is 224 g/mol. The third kappa shape index (κ3) is 3.83. The van der Waals surface area contributed by atoms with E-state index in [0.717, 1.165) is 5.56 Å². The van der Waals surface area contributed by atoms with Crippen molar-refractivity contribution in [3.8, 4) is 0 Å². The molecule has 0 aromatic heterocycles. The summed E-state index contributed by atoms with van der Waals surface area (Å²) in [7, 11) is 3.46. The Balaban J connectivity index is 2.47. The van der Waals surface area contributed by atoms with Crippen LogP contribution in [-0.2, 0) is 6.54 Å². The lowest BCUT2D eigenvalue weighted by atomic mass is 10.2. The lowest BCUT2D eigenvalue weighted by Gasteiger charge is -2.11. The molecule has 0 unspecified atom stereocenters. The molecular weight excluding hydrogens is 208 g/mol. The predicted molar refractivity (Wildman–Crippen MR) is 64.1 cm³/mol. The second-order valence-electron chi connectivity index (χ2n) is 3.40. The Bertz CT molecular complexity index is 322. The van der Waals surface area contributed by atoms with Crippen LogP contribution in [-0.4, -0.2) is 31.3 Å². The highest BCUT2D eigenvalue weighted by Crippen LogP contribution is 2.14. The number of rotatable bonds is 3. The number of carbonyl (C=O) groups is 1. The Morgan fingerprint density at radius 1 is 1.33 bits per heavy atom. The number of amides is 2. The van der Waals surface area contributed by atoms with E-state index in [-0.39, 0.29) is 6.03 Å². The van der Waals surface area contributed by atoms with Gasteiger partial charge >= 0.3 is 6.03 Å². The van der Waals surface area contributed by atoms with Crippen LogP contribution >= 0.6 is 11.8 Å². The van der Waals surface area contributed by atoms with Crippen molar-refractivity contribution in [3.05, 3.63) is 29.8 Å². The zero-order valence-electron chi connectivity index (χ0n) is 9.28. The minimum Gasteiger partial charge on any atom is -0.334 e. The SMILES string of the molecule is CSc1ccc(CNC(=O)N(C)C)cc1. The zero-order chi connectivity index (χ0) is 11.3. The highest BCUT2D eigenvalue weighted by molar-refractivity contribution is 7.98. The van der Waals surface area contributed by atoms with Crippen LogP contribution < -0.4 is 5.32 Å². The van der Waals surface area contributed by atoms with Gasteiger partial charge in [-0.05, 0) is 24.0 Å². The van der Waals surface area contributed by atoms with Gasteiger partial charge in [-0.15, -0.1) is 11.8 Å². The lowest BCUT2D eigenvalue weighted by molar-refractivity contribution is 0.217. The summed E-state index contributed by atoms with van der Waals surface area (Å²) >= 11 is 1.71. The summed E-state index contributed by atoms with van der Waals surface area (Å²) in [5, 5.41) is 2.82. The maximum Gasteiger partial charge on any atom is 0.317 e.